The maximum absolute atomic E-state index is 5.44. The zero-order chi connectivity index (χ0) is 17.1. The van der Waals surface area contributed by atoms with Gasteiger partial charge in [0.15, 0.2) is 5.13 Å². The first-order valence-corrected chi connectivity index (χ1v) is 9.04. The number of hydrogen-bond acceptors (Lipinski definition) is 8. The van der Waals surface area contributed by atoms with Crippen LogP contribution >= 0.6 is 11.3 Å². The second-order valence-electron chi connectivity index (χ2n) is 5.79. The Hall–Kier alpha value is -2.45. The van der Waals surface area contributed by atoms with Crippen molar-refractivity contribution >= 4 is 16.5 Å². The Kier molecular flexibility index (Phi) is 4.62. The van der Waals surface area contributed by atoms with Crippen LogP contribution in [0, 0.1) is 0 Å². The van der Waals surface area contributed by atoms with Gasteiger partial charge in [0.05, 0.1) is 19.2 Å². The summed E-state index contributed by atoms with van der Waals surface area (Å²) in [6, 6.07) is 7.68. The van der Waals surface area contributed by atoms with E-state index >= 15 is 0 Å². The van der Waals surface area contributed by atoms with Crippen molar-refractivity contribution in [2.75, 3.05) is 38.2 Å². The normalized spacial score (nSPS) is 15.5. The third-order valence-corrected chi connectivity index (χ3v) is 5.07. The van der Waals surface area contributed by atoms with Crippen molar-refractivity contribution < 1.29 is 9.26 Å². The first-order valence-electron chi connectivity index (χ1n) is 8.16. The van der Waals surface area contributed by atoms with Crippen LogP contribution in [0.25, 0.3) is 11.4 Å². The van der Waals surface area contributed by atoms with E-state index in [1.807, 2.05) is 35.8 Å². The Morgan fingerprint density at radius 2 is 2.04 bits per heavy atom. The van der Waals surface area contributed by atoms with Crippen LogP contribution < -0.4 is 9.64 Å². The molecular weight excluding hydrogens is 338 g/mol. The molecule has 0 saturated carbocycles. The molecule has 0 bridgehead atoms. The minimum atomic E-state index is 0.564. The van der Waals surface area contributed by atoms with E-state index in [0.717, 1.165) is 42.6 Å². The Morgan fingerprint density at radius 3 is 2.80 bits per heavy atom. The molecule has 25 heavy (non-hydrogen) atoms. The highest BCUT2D eigenvalue weighted by atomic mass is 32.1. The molecule has 0 spiro atoms. The van der Waals surface area contributed by atoms with Gasteiger partial charge in [-0.3, -0.25) is 4.90 Å². The topological polar surface area (TPSA) is 67.5 Å². The highest BCUT2D eigenvalue weighted by molar-refractivity contribution is 7.13. The summed E-state index contributed by atoms with van der Waals surface area (Å²) in [6.45, 7) is 4.48. The maximum atomic E-state index is 5.44. The molecule has 0 N–H and O–H groups in total. The summed E-state index contributed by atoms with van der Waals surface area (Å²) in [7, 11) is 1.64. The van der Waals surface area contributed by atoms with Crippen LogP contribution in [0.15, 0.2) is 40.4 Å². The van der Waals surface area contributed by atoms with Gasteiger partial charge in [-0.15, -0.1) is 11.3 Å². The SMILES string of the molecule is COc1ccccc1-c1noc(CN2CCN(c3nccs3)CC2)n1. The van der Waals surface area contributed by atoms with Crippen LogP contribution in [0.2, 0.25) is 0 Å². The third-order valence-electron chi connectivity index (χ3n) is 4.24. The minimum absolute atomic E-state index is 0.564. The van der Waals surface area contributed by atoms with Gasteiger partial charge in [0, 0.05) is 37.8 Å². The van der Waals surface area contributed by atoms with Crippen molar-refractivity contribution in [1.29, 1.82) is 0 Å². The molecule has 7 nitrogen and oxygen atoms in total. The number of aromatic nitrogens is 3. The van der Waals surface area contributed by atoms with Gasteiger partial charge in [-0.25, -0.2) is 4.98 Å². The van der Waals surface area contributed by atoms with Crippen molar-refractivity contribution in [2.24, 2.45) is 0 Å². The molecule has 1 aliphatic rings. The van der Waals surface area contributed by atoms with Crippen LogP contribution in [0.3, 0.4) is 0 Å². The fourth-order valence-corrected chi connectivity index (χ4v) is 3.62. The molecule has 1 fully saturated rings. The van der Waals surface area contributed by atoms with Gasteiger partial charge in [-0.05, 0) is 12.1 Å². The first-order chi connectivity index (χ1) is 12.3. The average Bonchev–Trinajstić information content (AvgIpc) is 3.34. The van der Waals surface area contributed by atoms with Crippen molar-refractivity contribution in [3.8, 4) is 17.1 Å². The van der Waals surface area contributed by atoms with Crippen molar-refractivity contribution in [3.63, 3.8) is 0 Å². The number of benzene rings is 1. The Bertz CT molecular complexity index is 812. The summed E-state index contributed by atoms with van der Waals surface area (Å²) in [4.78, 5) is 13.5. The van der Waals surface area contributed by atoms with Gasteiger partial charge in [0.1, 0.15) is 5.75 Å². The summed E-state index contributed by atoms with van der Waals surface area (Å²) in [6.07, 6.45) is 1.85. The highest BCUT2D eigenvalue weighted by Crippen LogP contribution is 2.27. The lowest BCUT2D eigenvalue weighted by Crippen LogP contribution is -2.46. The molecule has 0 aliphatic carbocycles. The third kappa shape index (κ3) is 3.49. The summed E-state index contributed by atoms with van der Waals surface area (Å²) in [5.74, 6) is 1.93. The molecule has 2 aromatic heterocycles. The average molecular weight is 357 g/mol. The van der Waals surface area contributed by atoms with E-state index in [1.54, 1.807) is 18.4 Å². The Morgan fingerprint density at radius 1 is 1.20 bits per heavy atom. The standard InChI is InChI=1S/C17H19N5O2S/c1-23-14-5-3-2-4-13(14)16-19-15(24-20-16)12-21-7-9-22(10-8-21)17-18-6-11-25-17/h2-6,11H,7-10,12H2,1H3. The van der Waals surface area contributed by atoms with E-state index in [4.69, 9.17) is 9.26 Å². The summed E-state index contributed by atoms with van der Waals surface area (Å²) < 4.78 is 10.8. The fourth-order valence-electron chi connectivity index (χ4n) is 2.92. The van der Waals surface area contributed by atoms with Crippen molar-refractivity contribution in [1.82, 2.24) is 20.0 Å². The predicted octanol–water partition coefficient (Wildman–Crippen LogP) is 2.52. The lowest BCUT2D eigenvalue weighted by molar-refractivity contribution is 0.215. The number of hydrogen-bond donors (Lipinski definition) is 0. The van der Waals surface area contributed by atoms with Crippen LogP contribution in [-0.2, 0) is 6.54 Å². The number of para-hydroxylation sites is 1. The van der Waals surface area contributed by atoms with Gasteiger partial charge in [-0.1, -0.05) is 17.3 Å². The quantitative estimate of drug-likeness (QED) is 0.695. The smallest absolute Gasteiger partial charge is 0.241 e. The second-order valence-corrected chi connectivity index (χ2v) is 6.66. The molecule has 3 heterocycles. The van der Waals surface area contributed by atoms with E-state index in [1.165, 1.54) is 0 Å². The van der Waals surface area contributed by atoms with E-state index < -0.39 is 0 Å². The minimum Gasteiger partial charge on any atom is -0.496 e. The lowest BCUT2D eigenvalue weighted by atomic mass is 10.2. The second kappa shape index (κ2) is 7.20. The number of methoxy groups -OCH3 is 1. The molecule has 0 amide bonds. The maximum Gasteiger partial charge on any atom is 0.241 e. The number of ether oxygens (including phenoxy) is 1. The summed E-state index contributed by atoms with van der Waals surface area (Å²) >= 11 is 1.68. The largest absolute Gasteiger partial charge is 0.496 e. The number of piperazine rings is 1. The Labute approximate surface area is 149 Å². The number of nitrogens with zero attached hydrogens (tertiary/aromatic N) is 5. The van der Waals surface area contributed by atoms with Crippen molar-refractivity contribution in [3.05, 3.63) is 41.7 Å². The molecule has 130 valence electrons. The van der Waals surface area contributed by atoms with Crippen LogP contribution in [0.5, 0.6) is 5.75 Å². The van der Waals surface area contributed by atoms with Crippen LogP contribution in [0.1, 0.15) is 5.89 Å². The zero-order valence-corrected chi connectivity index (χ0v) is 14.8. The van der Waals surface area contributed by atoms with Crippen LogP contribution in [-0.4, -0.2) is 53.3 Å². The van der Waals surface area contributed by atoms with E-state index in [2.05, 4.69) is 24.9 Å². The summed E-state index contributed by atoms with van der Waals surface area (Å²) in [5, 5.41) is 7.21. The molecule has 0 atom stereocenters. The Balaban J connectivity index is 1.39. The van der Waals surface area contributed by atoms with Crippen molar-refractivity contribution in [2.45, 2.75) is 6.54 Å². The summed E-state index contributed by atoms with van der Waals surface area (Å²) in [5.41, 5.74) is 0.841. The number of rotatable bonds is 5. The van der Waals surface area contributed by atoms with Gasteiger partial charge < -0.3 is 14.2 Å². The molecule has 1 aliphatic heterocycles. The van der Waals surface area contributed by atoms with E-state index in [0.29, 0.717) is 18.3 Å². The molecule has 3 aromatic rings. The zero-order valence-electron chi connectivity index (χ0n) is 14.0. The van der Waals surface area contributed by atoms with E-state index in [9.17, 15) is 0 Å². The first kappa shape index (κ1) is 16.0. The van der Waals surface area contributed by atoms with Crippen LogP contribution in [0.4, 0.5) is 5.13 Å². The lowest BCUT2D eigenvalue weighted by Gasteiger charge is -2.33. The highest BCUT2D eigenvalue weighted by Gasteiger charge is 2.21. The van der Waals surface area contributed by atoms with Gasteiger partial charge in [-0.2, -0.15) is 4.98 Å². The fraction of sp³-hybridized carbons (Fsp3) is 0.353. The monoisotopic (exact) mass is 357 g/mol. The molecule has 0 radical (unpaired) electrons. The number of thiazole rings is 1. The molecule has 1 aromatic carbocycles. The number of anilines is 1. The van der Waals surface area contributed by atoms with Gasteiger partial charge in [0.2, 0.25) is 11.7 Å². The van der Waals surface area contributed by atoms with Gasteiger partial charge in [0.25, 0.3) is 0 Å². The molecule has 4 rings (SSSR count). The predicted molar refractivity (Wildman–Crippen MR) is 95.9 cm³/mol. The molecule has 1 saturated heterocycles. The molecular formula is C17H19N5O2S. The van der Waals surface area contributed by atoms with Gasteiger partial charge >= 0.3 is 0 Å². The van der Waals surface area contributed by atoms with E-state index in [-0.39, 0.29) is 0 Å². The molecule has 0 unspecified atom stereocenters. The molecule has 8 heteroatoms.